The van der Waals surface area contributed by atoms with Crippen molar-refractivity contribution < 1.29 is 9.90 Å². The summed E-state index contributed by atoms with van der Waals surface area (Å²) in [5.74, 6) is 0.866. The molecule has 1 aliphatic rings. The third kappa shape index (κ3) is 3.95. The molecule has 2 unspecified atom stereocenters. The van der Waals surface area contributed by atoms with Gasteiger partial charge in [0.15, 0.2) is 0 Å². The van der Waals surface area contributed by atoms with Crippen LogP contribution in [0.1, 0.15) is 49.9 Å². The molecule has 0 heterocycles. The zero-order chi connectivity index (χ0) is 14.5. The van der Waals surface area contributed by atoms with Crippen LogP contribution in [-0.4, -0.2) is 22.1 Å². The minimum Gasteiger partial charge on any atom is -0.478 e. The van der Waals surface area contributed by atoms with Crippen molar-refractivity contribution in [2.45, 2.75) is 54.6 Å². The van der Waals surface area contributed by atoms with Crippen molar-refractivity contribution in [2.75, 3.05) is 5.75 Å². The zero-order valence-corrected chi connectivity index (χ0v) is 13.7. The van der Waals surface area contributed by atoms with Gasteiger partial charge in [0, 0.05) is 15.0 Å². The number of rotatable bonds is 5. The van der Waals surface area contributed by atoms with E-state index >= 15 is 0 Å². The van der Waals surface area contributed by atoms with Crippen LogP contribution < -0.4 is 0 Å². The highest BCUT2D eigenvalue weighted by Crippen LogP contribution is 2.39. The van der Waals surface area contributed by atoms with Crippen LogP contribution in [0.15, 0.2) is 28.0 Å². The first-order valence-corrected chi connectivity index (χ1v) is 9.14. The molecule has 2 nitrogen and oxygen atoms in total. The second-order valence-electron chi connectivity index (χ2n) is 5.38. The summed E-state index contributed by atoms with van der Waals surface area (Å²) in [6, 6.07) is 5.87. The van der Waals surface area contributed by atoms with Crippen LogP contribution >= 0.6 is 23.5 Å². The number of carboxylic acids is 1. The lowest BCUT2D eigenvalue weighted by molar-refractivity contribution is 0.0689. The maximum Gasteiger partial charge on any atom is 0.337 e. The minimum atomic E-state index is -0.798. The van der Waals surface area contributed by atoms with Gasteiger partial charge in [0.25, 0.3) is 0 Å². The highest BCUT2D eigenvalue weighted by atomic mass is 32.2. The van der Waals surface area contributed by atoms with Crippen molar-refractivity contribution in [1.29, 1.82) is 0 Å². The molecule has 0 spiro atoms. The van der Waals surface area contributed by atoms with Crippen LogP contribution in [0.4, 0.5) is 0 Å². The molecule has 1 aromatic carbocycles. The molecular formula is C16H22O2S2. The number of hydrogen-bond donors (Lipinski definition) is 1. The number of carboxylic acid groups (broad SMARTS) is 1. The molecule has 0 saturated heterocycles. The van der Waals surface area contributed by atoms with Gasteiger partial charge in [0.2, 0.25) is 0 Å². The molecule has 1 aromatic rings. The summed E-state index contributed by atoms with van der Waals surface area (Å²) in [5, 5.41) is 10.1. The Hall–Kier alpha value is -0.610. The molecule has 20 heavy (non-hydrogen) atoms. The maximum absolute atomic E-state index is 11.6. The van der Waals surface area contributed by atoms with E-state index in [2.05, 4.69) is 13.8 Å². The second kappa shape index (κ2) is 7.41. The Morgan fingerprint density at radius 3 is 2.75 bits per heavy atom. The number of thioether (sulfide) groups is 2. The Kier molecular flexibility index (Phi) is 5.85. The Balaban J connectivity index is 2.21. The van der Waals surface area contributed by atoms with E-state index in [0.29, 0.717) is 10.8 Å². The summed E-state index contributed by atoms with van der Waals surface area (Å²) in [7, 11) is 0. The van der Waals surface area contributed by atoms with Crippen molar-refractivity contribution in [2.24, 2.45) is 5.92 Å². The Morgan fingerprint density at radius 2 is 2.10 bits per heavy atom. The monoisotopic (exact) mass is 310 g/mol. The average molecular weight is 310 g/mol. The minimum absolute atomic E-state index is 0.502. The van der Waals surface area contributed by atoms with E-state index in [-0.39, 0.29) is 0 Å². The molecule has 110 valence electrons. The van der Waals surface area contributed by atoms with Crippen molar-refractivity contribution >= 4 is 29.5 Å². The Bertz CT molecular complexity index is 474. The van der Waals surface area contributed by atoms with Crippen molar-refractivity contribution in [3.63, 3.8) is 0 Å². The average Bonchev–Trinajstić information content (AvgIpc) is 2.39. The quantitative estimate of drug-likeness (QED) is 0.761. The largest absolute Gasteiger partial charge is 0.478 e. The third-order valence-corrected chi connectivity index (χ3v) is 5.98. The molecule has 2 rings (SSSR count). The molecule has 0 bridgehead atoms. The van der Waals surface area contributed by atoms with Crippen LogP contribution in [0.2, 0.25) is 0 Å². The van der Waals surface area contributed by atoms with Gasteiger partial charge in [-0.1, -0.05) is 32.8 Å². The van der Waals surface area contributed by atoms with Gasteiger partial charge < -0.3 is 5.11 Å². The van der Waals surface area contributed by atoms with Crippen LogP contribution in [0.3, 0.4) is 0 Å². The van der Waals surface area contributed by atoms with Crippen molar-refractivity contribution in [3.05, 3.63) is 23.8 Å². The fourth-order valence-corrected chi connectivity index (χ4v) is 5.19. The van der Waals surface area contributed by atoms with E-state index in [1.54, 1.807) is 23.5 Å². The number of aromatic carboxylic acids is 1. The summed E-state index contributed by atoms with van der Waals surface area (Å²) >= 11 is 3.38. The first-order chi connectivity index (χ1) is 9.61. The standard InChI is InChI=1S/C16H22O2S2/c1-3-19-13-8-5-9-14(15(13)16(17)18)20-12-7-4-6-11(2)10-12/h5,8-9,11-12H,3-4,6-7,10H2,1-2H3,(H,17,18). The molecule has 1 aliphatic carbocycles. The van der Waals surface area contributed by atoms with Gasteiger partial charge in [-0.2, -0.15) is 0 Å². The van der Waals surface area contributed by atoms with Gasteiger partial charge >= 0.3 is 5.97 Å². The molecular weight excluding hydrogens is 288 g/mol. The van der Waals surface area contributed by atoms with Crippen LogP contribution in [0.5, 0.6) is 0 Å². The van der Waals surface area contributed by atoms with E-state index in [4.69, 9.17) is 0 Å². The third-order valence-electron chi connectivity index (χ3n) is 3.68. The number of hydrogen-bond acceptors (Lipinski definition) is 3. The second-order valence-corrected chi connectivity index (χ2v) is 8.03. The van der Waals surface area contributed by atoms with Gasteiger partial charge in [-0.15, -0.1) is 23.5 Å². The molecule has 1 saturated carbocycles. The highest BCUT2D eigenvalue weighted by molar-refractivity contribution is 8.00. The number of carbonyl (C=O) groups is 1. The molecule has 0 aliphatic heterocycles. The topological polar surface area (TPSA) is 37.3 Å². The predicted octanol–water partition coefficient (Wildman–Crippen LogP) is 5.17. The zero-order valence-electron chi connectivity index (χ0n) is 12.1. The summed E-state index contributed by atoms with van der Waals surface area (Å²) < 4.78 is 0. The predicted molar refractivity (Wildman–Crippen MR) is 87.1 cm³/mol. The fraction of sp³-hybridized carbons (Fsp3) is 0.562. The highest BCUT2D eigenvalue weighted by Gasteiger charge is 2.23. The summed E-state index contributed by atoms with van der Waals surface area (Å²) in [6.45, 7) is 4.35. The van der Waals surface area contributed by atoms with Gasteiger partial charge in [0.1, 0.15) is 0 Å². The van der Waals surface area contributed by atoms with Gasteiger partial charge in [-0.05, 0) is 36.6 Å². The van der Waals surface area contributed by atoms with Crippen molar-refractivity contribution in [3.8, 4) is 0 Å². The first kappa shape index (κ1) is 15.8. The Morgan fingerprint density at radius 1 is 1.35 bits per heavy atom. The van der Waals surface area contributed by atoms with E-state index in [9.17, 15) is 9.90 Å². The molecule has 1 fully saturated rings. The lowest BCUT2D eigenvalue weighted by atomic mass is 9.91. The molecule has 1 N–H and O–H groups in total. The normalized spacial score (nSPS) is 22.7. The molecule has 2 atom stereocenters. The SMILES string of the molecule is CCSc1cccc(SC2CCCC(C)C2)c1C(=O)O. The summed E-state index contributed by atoms with van der Waals surface area (Å²) in [5.41, 5.74) is 0.502. The summed E-state index contributed by atoms with van der Waals surface area (Å²) in [6.07, 6.45) is 4.99. The van der Waals surface area contributed by atoms with Crippen LogP contribution in [-0.2, 0) is 0 Å². The Labute approximate surface area is 129 Å². The smallest absolute Gasteiger partial charge is 0.337 e. The van der Waals surface area contributed by atoms with E-state index in [1.165, 1.54) is 25.7 Å². The van der Waals surface area contributed by atoms with Crippen LogP contribution in [0.25, 0.3) is 0 Å². The van der Waals surface area contributed by atoms with Gasteiger partial charge in [-0.3, -0.25) is 0 Å². The van der Waals surface area contributed by atoms with E-state index in [1.807, 2.05) is 18.2 Å². The summed E-state index contributed by atoms with van der Waals surface area (Å²) in [4.78, 5) is 13.4. The fourth-order valence-electron chi connectivity index (χ4n) is 2.76. The van der Waals surface area contributed by atoms with E-state index < -0.39 is 5.97 Å². The lowest BCUT2D eigenvalue weighted by Gasteiger charge is -2.26. The van der Waals surface area contributed by atoms with Crippen molar-refractivity contribution in [1.82, 2.24) is 0 Å². The molecule has 4 heteroatoms. The van der Waals surface area contributed by atoms with Gasteiger partial charge in [0.05, 0.1) is 5.56 Å². The maximum atomic E-state index is 11.6. The molecule has 0 amide bonds. The van der Waals surface area contributed by atoms with Gasteiger partial charge in [-0.25, -0.2) is 4.79 Å². The molecule has 0 radical (unpaired) electrons. The molecule has 0 aromatic heterocycles. The first-order valence-electron chi connectivity index (χ1n) is 7.27. The van der Waals surface area contributed by atoms with Crippen LogP contribution in [0, 0.1) is 5.92 Å². The number of benzene rings is 1. The lowest BCUT2D eigenvalue weighted by Crippen LogP contribution is -2.15. The van der Waals surface area contributed by atoms with E-state index in [0.717, 1.165) is 21.5 Å².